The molecule has 0 amide bonds. The van der Waals surface area contributed by atoms with Crippen LogP contribution in [-0.2, 0) is 6.18 Å². The zero-order valence-corrected chi connectivity index (χ0v) is 11.5. The number of nitrogens with zero attached hydrogens (tertiary/aromatic N) is 1. The van der Waals surface area contributed by atoms with Gasteiger partial charge in [0, 0.05) is 0 Å². The van der Waals surface area contributed by atoms with E-state index < -0.39 is 11.2 Å². The number of hydrogen-bond donors (Lipinski definition) is 0. The fraction of sp³-hybridized carbons (Fsp3) is 0.500. The van der Waals surface area contributed by atoms with Crippen molar-refractivity contribution in [2.75, 3.05) is 0 Å². The lowest BCUT2D eigenvalue weighted by atomic mass is 10.0. The highest BCUT2D eigenvalue weighted by atomic mass is 32.1. The first-order valence-electron chi connectivity index (χ1n) is 6.34. The zero-order valence-electron chi connectivity index (χ0n) is 10.7. The largest absolute Gasteiger partial charge is 0.443 e. The molecule has 0 unspecified atom stereocenters. The number of alkyl halides is 3. The molecule has 102 valence electrons. The van der Waals surface area contributed by atoms with E-state index in [4.69, 9.17) is 0 Å². The highest BCUT2D eigenvalue weighted by Gasteiger charge is 2.40. The van der Waals surface area contributed by atoms with Gasteiger partial charge in [-0.15, -0.1) is 11.3 Å². The molecule has 0 radical (unpaired) electrons. The highest BCUT2D eigenvalue weighted by Crippen LogP contribution is 2.52. The molecular formula is C14H14F3NS. The molecule has 0 saturated heterocycles. The second-order valence-corrected chi connectivity index (χ2v) is 6.52. The van der Waals surface area contributed by atoms with E-state index in [9.17, 15) is 13.2 Å². The van der Waals surface area contributed by atoms with Gasteiger partial charge in [-0.3, -0.25) is 0 Å². The van der Waals surface area contributed by atoms with Crippen LogP contribution < -0.4 is 0 Å². The lowest BCUT2D eigenvalue weighted by Crippen LogP contribution is -2.03. The van der Waals surface area contributed by atoms with Crippen LogP contribution in [0.1, 0.15) is 36.8 Å². The molecule has 1 saturated carbocycles. The molecule has 0 N–H and O–H groups in total. The van der Waals surface area contributed by atoms with Gasteiger partial charge in [-0.2, -0.15) is 13.2 Å². The third-order valence-electron chi connectivity index (χ3n) is 3.78. The van der Waals surface area contributed by atoms with Crippen LogP contribution in [-0.4, -0.2) is 4.98 Å². The maximum Gasteiger partial charge on any atom is 0.443 e. The van der Waals surface area contributed by atoms with E-state index in [1.54, 1.807) is 6.07 Å². The maximum absolute atomic E-state index is 12.6. The van der Waals surface area contributed by atoms with Gasteiger partial charge < -0.3 is 0 Å². The van der Waals surface area contributed by atoms with E-state index in [0.717, 1.165) is 23.3 Å². The molecule has 1 aromatic heterocycles. The Morgan fingerprint density at radius 2 is 2.05 bits per heavy atom. The summed E-state index contributed by atoms with van der Waals surface area (Å²) in [5.74, 6) is 1.82. The van der Waals surface area contributed by atoms with Crippen LogP contribution in [0.3, 0.4) is 0 Å². The number of fused-ring (bicyclic) bond motifs is 1. The van der Waals surface area contributed by atoms with Gasteiger partial charge in [0.15, 0.2) is 5.01 Å². The fourth-order valence-electron chi connectivity index (χ4n) is 2.63. The average Bonchev–Trinajstić information content (AvgIpc) is 2.99. The molecule has 1 heterocycles. The summed E-state index contributed by atoms with van der Waals surface area (Å²) in [5, 5.41) is -0.754. The van der Waals surface area contributed by atoms with E-state index in [1.807, 2.05) is 12.1 Å². The number of benzene rings is 1. The Morgan fingerprint density at radius 3 is 2.63 bits per heavy atom. The summed E-state index contributed by atoms with van der Waals surface area (Å²) in [7, 11) is 0. The minimum absolute atomic E-state index is 0.447. The number of hydrogen-bond acceptors (Lipinski definition) is 2. The van der Waals surface area contributed by atoms with Gasteiger partial charge in [0.1, 0.15) is 0 Å². The smallest absolute Gasteiger partial charge is 0.232 e. The van der Waals surface area contributed by atoms with Crippen molar-refractivity contribution in [1.29, 1.82) is 0 Å². The van der Waals surface area contributed by atoms with Crippen LogP contribution in [0.25, 0.3) is 10.2 Å². The fourth-order valence-corrected chi connectivity index (χ4v) is 3.51. The summed E-state index contributed by atoms with van der Waals surface area (Å²) in [4.78, 5) is 3.65. The predicted molar refractivity (Wildman–Crippen MR) is 70.3 cm³/mol. The van der Waals surface area contributed by atoms with Crippen molar-refractivity contribution in [3.63, 3.8) is 0 Å². The van der Waals surface area contributed by atoms with Crippen molar-refractivity contribution in [1.82, 2.24) is 4.98 Å². The maximum atomic E-state index is 12.6. The summed E-state index contributed by atoms with van der Waals surface area (Å²) in [5.41, 5.74) is 1.60. The van der Waals surface area contributed by atoms with E-state index in [1.165, 1.54) is 0 Å². The van der Waals surface area contributed by atoms with Gasteiger partial charge in [-0.05, 0) is 41.9 Å². The first kappa shape index (κ1) is 12.9. The summed E-state index contributed by atoms with van der Waals surface area (Å²) in [6, 6.07) is 5.52. The van der Waals surface area contributed by atoms with Crippen LogP contribution in [0.5, 0.6) is 0 Å². The van der Waals surface area contributed by atoms with Crippen molar-refractivity contribution >= 4 is 21.6 Å². The van der Waals surface area contributed by atoms with E-state index in [0.29, 0.717) is 28.0 Å². The number of thiazole rings is 1. The van der Waals surface area contributed by atoms with Gasteiger partial charge >= 0.3 is 6.18 Å². The second kappa shape index (κ2) is 4.20. The van der Waals surface area contributed by atoms with Crippen LogP contribution in [0, 0.1) is 11.8 Å². The monoisotopic (exact) mass is 285 g/mol. The minimum Gasteiger partial charge on any atom is -0.232 e. The molecule has 1 fully saturated rings. The molecule has 2 atom stereocenters. The lowest BCUT2D eigenvalue weighted by molar-refractivity contribution is -0.137. The molecule has 1 nitrogen and oxygen atoms in total. The van der Waals surface area contributed by atoms with Crippen molar-refractivity contribution in [2.24, 2.45) is 11.8 Å². The zero-order chi connectivity index (χ0) is 13.8. The minimum atomic E-state index is -4.34. The first-order valence-corrected chi connectivity index (χ1v) is 7.15. The molecule has 19 heavy (non-hydrogen) atoms. The Hall–Kier alpha value is -1.10. The Kier molecular flexibility index (Phi) is 2.85. The molecule has 1 aliphatic carbocycles. The van der Waals surface area contributed by atoms with Crippen molar-refractivity contribution in [3.8, 4) is 0 Å². The Bertz CT molecular complexity index is 615. The topological polar surface area (TPSA) is 12.9 Å². The van der Waals surface area contributed by atoms with Gasteiger partial charge in [0.2, 0.25) is 0 Å². The normalized spacial score (nSPS) is 23.3. The van der Waals surface area contributed by atoms with Crippen molar-refractivity contribution < 1.29 is 13.2 Å². The molecule has 5 heteroatoms. The SMILES string of the molecule is CC(C)[C@H]1C[C@@H]1c1ccc2nc(C(F)(F)F)sc2c1. The van der Waals surface area contributed by atoms with Gasteiger partial charge in [0.25, 0.3) is 0 Å². The standard InChI is InChI=1S/C14H14F3NS/c1-7(2)9-6-10(9)8-3-4-11-12(5-8)19-13(18-11)14(15,16)17/h3-5,7,9-10H,6H2,1-2H3/t9-,10-/m1/s1. The molecule has 0 aliphatic heterocycles. The van der Waals surface area contributed by atoms with E-state index in [2.05, 4.69) is 18.8 Å². The van der Waals surface area contributed by atoms with E-state index >= 15 is 0 Å². The molecule has 2 aromatic rings. The Labute approximate surface area is 113 Å². The molecule has 0 bridgehead atoms. The number of rotatable bonds is 2. The van der Waals surface area contributed by atoms with Crippen LogP contribution in [0.4, 0.5) is 13.2 Å². The average molecular weight is 285 g/mol. The van der Waals surface area contributed by atoms with Gasteiger partial charge in [-0.25, -0.2) is 4.98 Å². The predicted octanol–water partition coefficient (Wildman–Crippen LogP) is 5.07. The Balaban J connectivity index is 1.94. The number of halogens is 3. The third kappa shape index (κ3) is 2.36. The lowest BCUT2D eigenvalue weighted by Gasteiger charge is -2.03. The van der Waals surface area contributed by atoms with Crippen molar-refractivity contribution in [2.45, 2.75) is 32.4 Å². The van der Waals surface area contributed by atoms with Crippen LogP contribution in [0.15, 0.2) is 18.2 Å². The van der Waals surface area contributed by atoms with E-state index in [-0.39, 0.29) is 0 Å². The third-order valence-corrected chi connectivity index (χ3v) is 4.84. The Morgan fingerprint density at radius 1 is 1.32 bits per heavy atom. The molecule has 1 aromatic carbocycles. The summed E-state index contributed by atoms with van der Waals surface area (Å²) < 4.78 is 38.5. The van der Waals surface area contributed by atoms with Gasteiger partial charge in [0.05, 0.1) is 10.2 Å². The molecular weight excluding hydrogens is 271 g/mol. The summed E-state index contributed by atoms with van der Waals surface area (Å²) >= 11 is 0.737. The molecule has 3 rings (SSSR count). The summed E-state index contributed by atoms with van der Waals surface area (Å²) in [6.45, 7) is 4.38. The van der Waals surface area contributed by atoms with Gasteiger partial charge in [-0.1, -0.05) is 19.9 Å². The van der Waals surface area contributed by atoms with Crippen LogP contribution in [0.2, 0.25) is 0 Å². The summed E-state index contributed by atoms with van der Waals surface area (Å²) in [6.07, 6.45) is -3.20. The second-order valence-electron chi connectivity index (χ2n) is 5.49. The molecule has 1 aliphatic rings. The first-order chi connectivity index (χ1) is 8.86. The highest BCUT2D eigenvalue weighted by molar-refractivity contribution is 7.18. The quantitative estimate of drug-likeness (QED) is 0.750. The van der Waals surface area contributed by atoms with Crippen LogP contribution >= 0.6 is 11.3 Å². The molecule has 0 spiro atoms. The van der Waals surface area contributed by atoms with Crippen molar-refractivity contribution in [3.05, 3.63) is 28.8 Å². The number of aromatic nitrogens is 1.